The molecule has 3 rings (SSSR count). The van der Waals surface area contributed by atoms with E-state index in [1.165, 1.54) is 11.8 Å². The third-order valence-electron chi connectivity index (χ3n) is 5.52. The number of benzene rings is 1. The molecule has 0 spiro atoms. The summed E-state index contributed by atoms with van der Waals surface area (Å²) in [4.78, 5) is 39.4. The number of carbonyl (C=O) groups is 2. The highest BCUT2D eigenvalue weighted by atomic mass is 32.2. The highest BCUT2D eigenvalue weighted by molar-refractivity contribution is 7.99. The number of hydrogen-bond acceptors (Lipinski definition) is 9. The zero-order chi connectivity index (χ0) is 24.5. The van der Waals surface area contributed by atoms with E-state index in [9.17, 15) is 9.59 Å². The molecule has 0 saturated carbocycles. The van der Waals surface area contributed by atoms with Gasteiger partial charge in [0.15, 0.2) is 5.16 Å². The number of aromatic nitrogens is 2. The first-order chi connectivity index (χ1) is 16.5. The van der Waals surface area contributed by atoms with Crippen molar-refractivity contribution in [1.82, 2.24) is 14.9 Å². The lowest BCUT2D eigenvalue weighted by atomic mass is 10.1. The third kappa shape index (κ3) is 6.56. The molecule has 10 heteroatoms. The van der Waals surface area contributed by atoms with Gasteiger partial charge in [-0.05, 0) is 48.6 Å². The van der Waals surface area contributed by atoms with E-state index in [1.54, 1.807) is 11.8 Å². The van der Waals surface area contributed by atoms with Gasteiger partial charge in [-0.3, -0.25) is 9.59 Å². The highest BCUT2D eigenvalue weighted by Gasteiger charge is 2.26. The number of rotatable bonds is 11. The van der Waals surface area contributed by atoms with Crippen LogP contribution < -0.4 is 9.80 Å². The molecule has 0 radical (unpaired) electrons. The fraction of sp³-hybridized carbons (Fsp3) is 0.500. The summed E-state index contributed by atoms with van der Waals surface area (Å²) in [6.45, 7) is 7.38. The van der Waals surface area contributed by atoms with Gasteiger partial charge in [0.2, 0.25) is 0 Å². The van der Waals surface area contributed by atoms with Crippen molar-refractivity contribution < 1.29 is 14.3 Å². The predicted molar refractivity (Wildman–Crippen MR) is 139 cm³/mol. The second kappa shape index (κ2) is 12.9. The molecule has 1 aliphatic heterocycles. The number of anilines is 2. The van der Waals surface area contributed by atoms with Gasteiger partial charge in [-0.1, -0.05) is 19.9 Å². The van der Waals surface area contributed by atoms with Crippen molar-refractivity contribution >= 4 is 47.4 Å². The van der Waals surface area contributed by atoms with E-state index in [2.05, 4.69) is 18.7 Å². The molecule has 1 saturated heterocycles. The second-order valence-electron chi connectivity index (χ2n) is 8.06. The molecule has 1 fully saturated rings. The molecule has 1 amide bonds. The van der Waals surface area contributed by atoms with Gasteiger partial charge in [-0.15, -0.1) is 11.8 Å². The van der Waals surface area contributed by atoms with E-state index >= 15 is 0 Å². The van der Waals surface area contributed by atoms with Crippen LogP contribution in [0, 0.1) is 0 Å². The topological polar surface area (TPSA) is 78.9 Å². The molecule has 2 heterocycles. The Bertz CT molecular complexity index is 981. The van der Waals surface area contributed by atoms with Crippen LogP contribution >= 0.6 is 23.5 Å². The zero-order valence-corrected chi connectivity index (χ0v) is 22.0. The van der Waals surface area contributed by atoms with Crippen LogP contribution in [0.3, 0.4) is 0 Å². The van der Waals surface area contributed by atoms with Gasteiger partial charge in [0.05, 0.1) is 0 Å². The van der Waals surface area contributed by atoms with Gasteiger partial charge in [0, 0.05) is 57.1 Å². The lowest BCUT2D eigenvalue weighted by Crippen LogP contribution is -2.49. The van der Waals surface area contributed by atoms with E-state index < -0.39 is 0 Å². The number of piperazine rings is 1. The van der Waals surface area contributed by atoms with Crippen molar-refractivity contribution in [3.8, 4) is 0 Å². The summed E-state index contributed by atoms with van der Waals surface area (Å²) >= 11 is 3.05. The number of ether oxygens (including phenoxy) is 1. The molecule has 0 bridgehead atoms. The minimum Gasteiger partial charge on any atom is -0.456 e. The average Bonchev–Trinajstić information content (AvgIpc) is 2.87. The minimum atomic E-state index is 0.0585. The number of thioether (sulfide) groups is 2. The molecule has 1 aliphatic rings. The van der Waals surface area contributed by atoms with Gasteiger partial charge in [-0.25, -0.2) is 9.97 Å². The van der Waals surface area contributed by atoms with Crippen LogP contribution in [0.2, 0.25) is 0 Å². The zero-order valence-electron chi connectivity index (χ0n) is 20.3. The summed E-state index contributed by atoms with van der Waals surface area (Å²) in [6.07, 6.45) is 1.88. The number of carbonyl (C=O) groups excluding carboxylic acids is 2. The predicted octanol–water partition coefficient (Wildman–Crippen LogP) is 3.79. The Morgan fingerprint density at radius 2 is 1.91 bits per heavy atom. The Kier molecular flexibility index (Phi) is 9.88. The van der Waals surface area contributed by atoms with Crippen LogP contribution in [-0.2, 0) is 16.0 Å². The van der Waals surface area contributed by atoms with Crippen LogP contribution in [-0.4, -0.2) is 79.2 Å². The maximum Gasteiger partial charge on any atom is 0.293 e. The van der Waals surface area contributed by atoms with Gasteiger partial charge in [-0.2, -0.15) is 0 Å². The van der Waals surface area contributed by atoms with Gasteiger partial charge in [0.1, 0.15) is 16.8 Å². The number of hydrogen-bond donors (Lipinski definition) is 0. The van der Waals surface area contributed by atoms with E-state index in [1.807, 2.05) is 48.2 Å². The smallest absolute Gasteiger partial charge is 0.293 e. The first-order valence-electron chi connectivity index (χ1n) is 11.5. The van der Waals surface area contributed by atoms with Gasteiger partial charge in [0.25, 0.3) is 12.4 Å². The average molecular weight is 504 g/mol. The molecule has 34 heavy (non-hydrogen) atoms. The fourth-order valence-corrected chi connectivity index (χ4v) is 5.27. The molecular formula is C24H33N5O3S2. The maximum absolute atomic E-state index is 13.1. The summed E-state index contributed by atoms with van der Waals surface area (Å²) in [5.41, 5.74) is 2.86. The van der Waals surface area contributed by atoms with Crippen molar-refractivity contribution in [1.29, 1.82) is 0 Å². The molecule has 0 unspecified atom stereocenters. The summed E-state index contributed by atoms with van der Waals surface area (Å²) in [7, 11) is 3.94. The molecule has 0 aliphatic carbocycles. The Balaban J connectivity index is 1.77. The summed E-state index contributed by atoms with van der Waals surface area (Å²) in [6, 6.07) is 7.75. The van der Waals surface area contributed by atoms with Crippen molar-refractivity contribution in [3.63, 3.8) is 0 Å². The normalized spacial score (nSPS) is 13.6. The minimum absolute atomic E-state index is 0.0585. The molecular weight excluding hydrogens is 470 g/mol. The Morgan fingerprint density at radius 3 is 2.56 bits per heavy atom. The molecule has 0 atom stereocenters. The third-order valence-corrected chi connectivity index (χ3v) is 7.44. The van der Waals surface area contributed by atoms with Crippen LogP contribution in [0.25, 0.3) is 0 Å². The first kappa shape index (κ1) is 26.2. The molecule has 1 aromatic heterocycles. The van der Waals surface area contributed by atoms with Crippen LogP contribution in [0.15, 0.2) is 34.4 Å². The monoisotopic (exact) mass is 503 g/mol. The molecule has 8 nitrogen and oxygen atoms in total. The van der Waals surface area contributed by atoms with Crippen LogP contribution in [0.1, 0.15) is 36.2 Å². The van der Waals surface area contributed by atoms with Gasteiger partial charge < -0.3 is 19.4 Å². The van der Waals surface area contributed by atoms with E-state index in [4.69, 9.17) is 14.7 Å². The van der Waals surface area contributed by atoms with Crippen LogP contribution in [0.4, 0.5) is 11.5 Å². The van der Waals surface area contributed by atoms with Crippen molar-refractivity contribution in [3.05, 3.63) is 35.4 Å². The Labute approximate surface area is 210 Å². The van der Waals surface area contributed by atoms with Crippen molar-refractivity contribution in [2.75, 3.05) is 61.8 Å². The maximum atomic E-state index is 13.1. The lowest BCUT2D eigenvalue weighted by molar-refractivity contribution is -0.126. The highest BCUT2D eigenvalue weighted by Crippen LogP contribution is 2.32. The van der Waals surface area contributed by atoms with Crippen molar-refractivity contribution in [2.24, 2.45) is 0 Å². The molecule has 2 aromatic rings. The summed E-state index contributed by atoms with van der Waals surface area (Å²) in [5, 5.41) is 1.59. The summed E-state index contributed by atoms with van der Waals surface area (Å²) in [5.74, 6) is 2.14. The van der Waals surface area contributed by atoms with Gasteiger partial charge >= 0.3 is 0 Å². The Morgan fingerprint density at radius 1 is 1.15 bits per heavy atom. The standard InChI is InChI=1S/C24H33N5O3S2/c1-5-14-33-22-20(6-2)21(25-24(26-22)34-17-32-16-30)28-10-12-29(13-11-28)23(31)18-8-7-9-19(15-18)27(3)4/h7-9,15-16H,5-6,10-14,17H2,1-4H3. The van der Waals surface area contributed by atoms with E-state index in [0.717, 1.165) is 40.7 Å². The SMILES string of the molecule is CCCSc1nc(SCOC=O)nc(N2CCN(C(=O)c3cccc(N(C)C)c3)CC2)c1CC. The number of amides is 1. The quantitative estimate of drug-likeness (QED) is 0.114. The lowest BCUT2D eigenvalue weighted by Gasteiger charge is -2.36. The second-order valence-corrected chi connectivity index (χ2v) is 10.0. The Hall–Kier alpha value is -2.46. The number of nitrogens with zero attached hydrogens (tertiary/aromatic N) is 5. The summed E-state index contributed by atoms with van der Waals surface area (Å²) < 4.78 is 4.84. The van der Waals surface area contributed by atoms with E-state index in [0.29, 0.717) is 43.4 Å². The first-order valence-corrected chi connectivity index (χ1v) is 13.5. The van der Waals surface area contributed by atoms with Crippen LogP contribution in [0.5, 0.6) is 0 Å². The van der Waals surface area contributed by atoms with Crippen molar-refractivity contribution in [2.45, 2.75) is 36.9 Å². The molecule has 184 valence electrons. The molecule has 0 N–H and O–H groups in total. The largest absolute Gasteiger partial charge is 0.456 e. The molecule has 1 aromatic carbocycles. The van der Waals surface area contributed by atoms with E-state index in [-0.39, 0.29) is 11.8 Å². The fourth-order valence-electron chi connectivity index (χ4n) is 3.72.